The number of aryl methyl sites for hydroxylation is 1. The minimum Gasteiger partial charge on any atom is -0.0990 e. The summed E-state index contributed by atoms with van der Waals surface area (Å²) in [6, 6.07) is 8.40. The fourth-order valence-electron chi connectivity index (χ4n) is 1.42. The van der Waals surface area contributed by atoms with E-state index in [1.165, 1.54) is 11.1 Å². The molecule has 14 heavy (non-hydrogen) atoms. The predicted molar refractivity (Wildman–Crippen MR) is 64.2 cm³/mol. The van der Waals surface area contributed by atoms with Crippen LogP contribution in [0.1, 0.15) is 18.1 Å². The maximum Gasteiger partial charge on any atom is -0.0161 e. The van der Waals surface area contributed by atoms with E-state index < -0.39 is 0 Å². The van der Waals surface area contributed by atoms with E-state index in [0.29, 0.717) is 0 Å². The van der Waals surface area contributed by atoms with Crippen LogP contribution in [0, 0.1) is 6.92 Å². The van der Waals surface area contributed by atoms with Crippen LogP contribution in [0.3, 0.4) is 0 Å². The van der Waals surface area contributed by atoms with Crippen LogP contribution in [0.5, 0.6) is 0 Å². The molecule has 1 aromatic rings. The minimum absolute atomic E-state index is 1.07. The van der Waals surface area contributed by atoms with Crippen LogP contribution >= 0.6 is 0 Å². The van der Waals surface area contributed by atoms with E-state index in [0.717, 1.165) is 11.1 Å². The Kier molecular flexibility index (Phi) is 3.47. The van der Waals surface area contributed by atoms with Crippen LogP contribution in [-0.4, -0.2) is 0 Å². The van der Waals surface area contributed by atoms with Crippen LogP contribution in [0.2, 0.25) is 0 Å². The smallest absolute Gasteiger partial charge is 0.0161 e. The lowest BCUT2D eigenvalue weighted by atomic mass is 9.98. The van der Waals surface area contributed by atoms with E-state index in [-0.39, 0.29) is 0 Å². The molecule has 0 aromatic heterocycles. The molecule has 0 spiro atoms. The number of allylic oxidation sites excluding steroid dienone is 4. The van der Waals surface area contributed by atoms with Gasteiger partial charge in [0.2, 0.25) is 0 Å². The zero-order valence-corrected chi connectivity index (χ0v) is 8.88. The Morgan fingerprint density at radius 1 is 1.36 bits per heavy atom. The van der Waals surface area contributed by atoms with E-state index in [4.69, 9.17) is 0 Å². The Hall–Kier alpha value is -1.56. The fraction of sp³-hybridized carbons (Fsp3) is 0.143. The van der Waals surface area contributed by atoms with E-state index in [1.54, 1.807) is 6.08 Å². The van der Waals surface area contributed by atoms with Crippen molar-refractivity contribution in [2.75, 3.05) is 0 Å². The maximum absolute atomic E-state index is 3.96. The van der Waals surface area contributed by atoms with Crippen LogP contribution < -0.4 is 0 Å². The zero-order chi connectivity index (χ0) is 10.6. The fourth-order valence-corrected chi connectivity index (χ4v) is 1.42. The molecule has 0 unspecified atom stereocenters. The Bertz CT molecular complexity index is 381. The van der Waals surface area contributed by atoms with Gasteiger partial charge in [-0.25, -0.2) is 0 Å². The highest BCUT2D eigenvalue weighted by Crippen LogP contribution is 2.22. The van der Waals surface area contributed by atoms with Gasteiger partial charge in [0.25, 0.3) is 0 Å². The van der Waals surface area contributed by atoms with Gasteiger partial charge in [0.05, 0.1) is 0 Å². The molecule has 0 atom stereocenters. The topological polar surface area (TPSA) is 0 Å². The van der Waals surface area contributed by atoms with Crippen molar-refractivity contribution >= 4 is 5.57 Å². The SMILES string of the molecule is C=C/C=C(\C(=C)C)c1cccc(C)c1. The normalized spacial score (nSPS) is 11.1. The number of benzene rings is 1. The monoisotopic (exact) mass is 184 g/mol. The zero-order valence-electron chi connectivity index (χ0n) is 8.88. The standard InChI is InChI=1S/C14H16/c1-5-7-14(11(2)3)13-9-6-8-12(4)10-13/h5-10H,1-2H2,3-4H3/b14-7+. The Morgan fingerprint density at radius 3 is 2.57 bits per heavy atom. The van der Waals surface area contributed by atoms with Crippen LogP contribution in [0.4, 0.5) is 0 Å². The summed E-state index contributed by atoms with van der Waals surface area (Å²) in [5, 5.41) is 0. The molecule has 0 radical (unpaired) electrons. The third kappa shape index (κ3) is 2.46. The number of hydrogen-bond acceptors (Lipinski definition) is 0. The van der Waals surface area contributed by atoms with Gasteiger partial charge in [-0.15, -0.1) is 0 Å². The van der Waals surface area contributed by atoms with Crippen LogP contribution in [-0.2, 0) is 0 Å². The highest BCUT2D eigenvalue weighted by molar-refractivity contribution is 5.79. The number of hydrogen-bond donors (Lipinski definition) is 0. The highest BCUT2D eigenvalue weighted by atomic mass is 14.0. The van der Waals surface area contributed by atoms with Gasteiger partial charge in [0.1, 0.15) is 0 Å². The van der Waals surface area contributed by atoms with E-state index >= 15 is 0 Å². The Morgan fingerprint density at radius 2 is 2.07 bits per heavy atom. The molecule has 0 fully saturated rings. The lowest BCUT2D eigenvalue weighted by molar-refractivity contribution is 1.43. The largest absolute Gasteiger partial charge is 0.0990 e. The highest BCUT2D eigenvalue weighted by Gasteiger charge is 2.00. The van der Waals surface area contributed by atoms with Gasteiger partial charge < -0.3 is 0 Å². The summed E-state index contributed by atoms with van der Waals surface area (Å²) in [5.74, 6) is 0. The van der Waals surface area contributed by atoms with Gasteiger partial charge in [-0.1, -0.05) is 60.7 Å². The van der Waals surface area contributed by atoms with Crippen molar-refractivity contribution < 1.29 is 0 Å². The van der Waals surface area contributed by atoms with Gasteiger partial charge in [-0.05, 0) is 25.0 Å². The lowest BCUT2D eigenvalue weighted by Crippen LogP contribution is -1.85. The quantitative estimate of drug-likeness (QED) is 0.619. The molecule has 1 aromatic carbocycles. The first-order chi connectivity index (χ1) is 6.65. The minimum atomic E-state index is 1.07. The third-order valence-electron chi connectivity index (χ3n) is 2.07. The molecule has 0 amide bonds. The molecule has 0 N–H and O–H groups in total. The average Bonchev–Trinajstić information content (AvgIpc) is 2.13. The second-order valence-corrected chi connectivity index (χ2v) is 3.47. The van der Waals surface area contributed by atoms with E-state index in [2.05, 4.69) is 44.3 Å². The molecule has 0 saturated carbocycles. The molecular weight excluding hydrogens is 168 g/mol. The molecule has 0 heteroatoms. The van der Waals surface area contributed by atoms with Crippen molar-refractivity contribution in [1.82, 2.24) is 0 Å². The lowest BCUT2D eigenvalue weighted by Gasteiger charge is -2.07. The summed E-state index contributed by atoms with van der Waals surface area (Å²) in [7, 11) is 0. The summed E-state index contributed by atoms with van der Waals surface area (Å²) >= 11 is 0. The molecular formula is C14H16. The molecule has 0 heterocycles. The van der Waals surface area contributed by atoms with E-state index in [9.17, 15) is 0 Å². The van der Waals surface area contributed by atoms with E-state index in [1.807, 2.05) is 13.0 Å². The second-order valence-electron chi connectivity index (χ2n) is 3.47. The third-order valence-corrected chi connectivity index (χ3v) is 2.07. The summed E-state index contributed by atoms with van der Waals surface area (Å²) in [4.78, 5) is 0. The van der Waals surface area contributed by atoms with Crippen molar-refractivity contribution in [2.45, 2.75) is 13.8 Å². The van der Waals surface area contributed by atoms with Gasteiger partial charge in [0.15, 0.2) is 0 Å². The molecule has 0 aliphatic rings. The predicted octanol–water partition coefficient (Wildman–Crippen LogP) is 4.14. The van der Waals surface area contributed by atoms with Crippen LogP contribution in [0.25, 0.3) is 5.57 Å². The molecule has 72 valence electrons. The van der Waals surface area contributed by atoms with Gasteiger partial charge in [-0.2, -0.15) is 0 Å². The Labute approximate surface area is 86.3 Å². The molecule has 0 aliphatic carbocycles. The van der Waals surface area contributed by atoms with Crippen molar-refractivity contribution in [3.8, 4) is 0 Å². The summed E-state index contributed by atoms with van der Waals surface area (Å²) < 4.78 is 0. The molecule has 0 bridgehead atoms. The van der Waals surface area contributed by atoms with Gasteiger partial charge in [-0.3, -0.25) is 0 Å². The second kappa shape index (κ2) is 4.61. The first-order valence-corrected chi connectivity index (χ1v) is 4.71. The van der Waals surface area contributed by atoms with Crippen molar-refractivity contribution in [3.05, 3.63) is 66.3 Å². The summed E-state index contributed by atoms with van der Waals surface area (Å²) in [5.41, 5.74) is 4.69. The first-order valence-electron chi connectivity index (χ1n) is 4.71. The van der Waals surface area contributed by atoms with Crippen molar-refractivity contribution in [2.24, 2.45) is 0 Å². The molecule has 0 aliphatic heterocycles. The summed E-state index contributed by atoms with van der Waals surface area (Å²) in [6.45, 7) is 11.8. The average molecular weight is 184 g/mol. The molecule has 0 nitrogen and oxygen atoms in total. The first kappa shape index (κ1) is 10.5. The van der Waals surface area contributed by atoms with Crippen molar-refractivity contribution in [1.29, 1.82) is 0 Å². The summed E-state index contributed by atoms with van der Waals surface area (Å²) in [6.07, 6.45) is 3.80. The van der Waals surface area contributed by atoms with Gasteiger partial charge >= 0.3 is 0 Å². The maximum atomic E-state index is 3.96. The van der Waals surface area contributed by atoms with Crippen LogP contribution in [0.15, 0.2) is 55.1 Å². The number of rotatable bonds is 3. The molecule has 1 rings (SSSR count). The molecule has 0 saturated heterocycles. The van der Waals surface area contributed by atoms with Gasteiger partial charge in [0, 0.05) is 0 Å². The Balaban J connectivity index is 3.18. The van der Waals surface area contributed by atoms with Crippen molar-refractivity contribution in [3.63, 3.8) is 0 Å².